The first-order chi connectivity index (χ1) is 8.72. The van der Waals surface area contributed by atoms with Crippen molar-refractivity contribution in [1.29, 1.82) is 0 Å². The minimum Gasteiger partial charge on any atom is -0.336 e. The van der Waals surface area contributed by atoms with Crippen molar-refractivity contribution in [1.82, 2.24) is 9.80 Å². The maximum absolute atomic E-state index is 12.7. The van der Waals surface area contributed by atoms with Crippen molar-refractivity contribution in [2.45, 2.75) is 31.7 Å². The summed E-state index contributed by atoms with van der Waals surface area (Å²) >= 11 is 0. The molecule has 3 unspecified atom stereocenters. The lowest BCUT2D eigenvalue weighted by Crippen LogP contribution is -2.57. The highest BCUT2D eigenvalue weighted by molar-refractivity contribution is 5.83. The normalized spacial score (nSPS) is 40.4. The van der Waals surface area contributed by atoms with E-state index < -0.39 is 0 Å². The third-order valence-electron chi connectivity index (χ3n) is 5.18. The Bertz CT molecular complexity index is 321. The van der Waals surface area contributed by atoms with Crippen molar-refractivity contribution >= 4 is 5.91 Å². The number of hydrogen-bond donors (Lipinski definition) is 1. The molecule has 3 aliphatic rings. The summed E-state index contributed by atoms with van der Waals surface area (Å²) in [6.45, 7) is 3.39. The summed E-state index contributed by atoms with van der Waals surface area (Å²) < 4.78 is 0. The van der Waals surface area contributed by atoms with Crippen LogP contribution in [0.25, 0.3) is 0 Å². The van der Waals surface area contributed by atoms with Gasteiger partial charge < -0.3 is 15.5 Å². The fraction of sp³-hybridized carbons (Fsp3) is 0.929. The standard InChI is InChI=1S/C14H25N3O/c1-16-6-7-17(10(8-15)9-16)14(18)13-11-4-2-3-5-12(11)13/h10-13H,2-9,15H2,1H3. The van der Waals surface area contributed by atoms with Crippen LogP contribution in [-0.4, -0.2) is 55.0 Å². The molecule has 1 aliphatic heterocycles. The van der Waals surface area contributed by atoms with Gasteiger partial charge in [-0.15, -0.1) is 0 Å². The molecule has 18 heavy (non-hydrogen) atoms. The highest BCUT2D eigenvalue weighted by Gasteiger charge is 2.56. The molecule has 1 amide bonds. The predicted molar refractivity (Wildman–Crippen MR) is 71.0 cm³/mol. The van der Waals surface area contributed by atoms with Gasteiger partial charge in [-0.2, -0.15) is 0 Å². The molecular weight excluding hydrogens is 226 g/mol. The Kier molecular flexibility index (Phi) is 3.32. The molecule has 0 spiro atoms. The molecule has 1 saturated heterocycles. The molecule has 4 heteroatoms. The highest BCUT2D eigenvalue weighted by atomic mass is 16.2. The summed E-state index contributed by atoms with van der Waals surface area (Å²) in [6, 6.07) is 0.235. The van der Waals surface area contributed by atoms with Gasteiger partial charge in [-0.25, -0.2) is 0 Å². The van der Waals surface area contributed by atoms with E-state index in [2.05, 4.69) is 16.8 Å². The van der Waals surface area contributed by atoms with Crippen LogP contribution >= 0.6 is 0 Å². The van der Waals surface area contributed by atoms with Crippen LogP contribution in [0.3, 0.4) is 0 Å². The van der Waals surface area contributed by atoms with Crippen molar-refractivity contribution in [2.24, 2.45) is 23.5 Å². The van der Waals surface area contributed by atoms with Gasteiger partial charge in [0.15, 0.2) is 0 Å². The minimum atomic E-state index is 0.235. The first-order valence-electron chi connectivity index (χ1n) is 7.41. The lowest BCUT2D eigenvalue weighted by molar-refractivity contribution is -0.137. The number of amides is 1. The van der Waals surface area contributed by atoms with Crippen molar-refractivity contribution in [3.05, 3.63) is 0 Å². The van der Waals surface area contributed by atoms with Crippen LogP contribution in [0.15, 0.2) is 0 Å². The number of likely N-dealkylation sites (N-methyl/N-ethyl adjacent to an activating group) is 1. The molecule has 1 heterocycles. The monoisotopic (exact) mass is 251 g/mol. The molecule has 0 aromatic heterocycles. The van der Waals surface area contributed by atoms with Gasteiger partial charge in [0.1, 0.15) is 0 Å². The molecule has 3 rings (SSSR count). The van der Waals surface area contributed by atoms with Crippen LogP contribution in [0.4, 0.5) is 0 Å². The van der Waals surface area contributed by atoms with Gasteiger partial charge in [0, 0.05) is 32.1 Å². The minimum absolute atomic E-state index is 0.235. The molecule has 2 saturated carbocycles. The Hall–Kier alpha value is -0.610. The zero-order valence-corrected chi connectivity index (χ0v) is 11.3. The molecular formula is C14H25N3O. The van der Waals surface area contributed by atoms with E-state index >= 15 is 0 Å². The number of rotatable bonds is 2. The molecule has 0 radical (unpaired) electrons. The smallest absolute Gasteiger partial charge is 0.226 e. The zero-order chi connectivity index (χ0) is 12.7. The molecule has 0 aromatic carbocycles. The summed E-state index contributed by atoms with van der Waals surface area (Å²) in [4.78, 5) is 17.0. The first kappa shape index (κ1) is 12.4. The van der Waals surface area contributed by atoms with E-state index in [1.54, 1.807) is 0 Å². The second-order valence-electron chi connectivity index (χ2n) is 6.32. The van der Waals surface area contributed by atoms with Gasteiger partial charge in [-0.3, -0.25) is 4.79 Å². The fourth-order valence-corrected chi connectivity index (χ4v) is 4.05. The SMILES string of the molecule is CN1CCN(C(=O)C2C3CCCCC32)C(CN)C1. The Morgan fingerprint density at radius 2 is 1.89 bits per heavy atom. The molecule has 102 valence electrons. The van der Waals surface area contributed by atoms with E-state index in [0.29, 0.717) is 30.2 Å². The summed E-state index contributed by atoms with van der Waals surface area (Å²) in [5.74, 6) is 2.19. The van der Waals surface area contributed by atoms with Crippen LogP contribution in [0, 0.1) is 17.8 Å². The van der Waals surface area contributed by atoms with E-state index in [0.717, 1.165) is 19.6 Å². The van der Waals surface area contributed by atoms with Gasteiger partial charge in [0.05, 0.1) is 6.04 Å². The Balaban J connectivity index is 1.65. The number of piperazine rings is 1. The van der Waals surface area contributed by atoms with E-state index in [-0.39, 0.29) is 6.04 Å². The maximum atomic E-state index is 12.7. The van der Waals surface area contributed by atoms with E-state index in [4.69, 9.17) is 5.73 Å². The van der Waals surface area contributed by atoms with Crippen molar-refractivity contribution in [3.63, 3.8) is 0 Å². The third-order valence-corrected chi connectivity index (χ3v) is 5.18. The van der Waals surface area contributed by atoms with Gasteiger partial charge >= 0.3 is 0 Å². The molecule has 4 nitrogen and oxygen atoms in total. The zero-order valence-electron chi connectivity index (χ0n) is 11.3. The molecule has 0 aromatic rings. The number of fused-ring (bicyclic) bond motifs is 1. The number of carbonyl (C=O) groups is 1. The second kappa shape index (κ2) is 4.82. The van der Waals surface area contributed by atoms with Crippen LogP contribution in [-0.2, 0) is 4.79 Å². The summed E-state index contributed by atoms with van der Waals surface area (Å²) in [6.07, 6.45) is 5.21. The Morgan fingerprint density at radius 3 is 2.50 bits per heavy atom. The van der Waals surface area contributed by atoms with E-state index in [1.165, 1.54) is 25.7 Å². The predicted octanol–water partition coefficient (Wildman–Crippen LogP) is 0.524. The molecule has 3 atom stereocenters. The van der Waals surface area contributed by atoms with Gasteiger partial charge in [0.2, 0.25) is 5.91 Å². The maximum Gasteiger partial charge on any atom is 0.226 e. The summed E-state index contributed by atoms with van der Waals surface area (Å²) in [5, 5.41) is 0. The van der Waals surface area contributed by atoms with Gasteiger partial charge in [-0.1, -0.05) is 12.8 Å². The molecule has 2 N–H and O–H groups in total. The molecule has 3 fully saturated rings. The summed E-state index contributed by atoms with van der Waals surface area (Å²) in [5.41, 5.74) is 5.84. The quantitative estimate of drug-likeness (QED) is 0.778. The Labute approximate surface area is 109 Å². The lowest BCUT2D eigenvalue weighted by atomic mass is 10.0. The lowest BCUT2D eigenvalue weighted by Gasteiger charge is -2.39. The van der Waals surface area contributed by atoms with Gasteiger partial charge in [-0.05, 0) is 31.7 Å². The van der Waals surface area contributed by atoms with Crippen LogP contribution in [0.2, 0.25) is 0 Å². The first-order valence-corrected chi connectivity index (χ1v) is 7.41. The Morgan fingerprint density at radius 1 is 1.22 bits per heavy atom. The topological polar surface area (TPSA) is 49.6 Å². The molecule has 0 bridgehead atoms. The van der Waals surface area contributed by atoms with Crippen molar-refractivity contribution in [3.8, 4) is 0 Å². The van der Waals surface area contributed by atoms with Crippen LogP contribution < -0.4 is 5.73 Å². The summed E-state index contributed by atoms with van der Waals surface area (Å²) in [7, 11) is 2.11. The second-order valence-corrected chi connectivity index (χ2v) is 6.32. The van der Waals surface area contributed by atoms with Crippen molar-refractivity contribution < 1.29 is 4.79 Å². The largest absolute Gasteiger partial charge is 0.336 e. The highest BCUT2D eigenvalue weighted by Crippen LogP contribution is 2.56. The number of nitrogens with two attached hydrogens (primary N) is 1. The average molecular weight is 251 g/mol. The number of carbonyl (C=O) groups excluding carboxylic acids is 1. The van der Waals surface area contributed by atoms with E-state index in [1.807, 2.05) is 0 Å². The number of hydrogen-bond acceptors (Lipinski definition) is 3. The molecule has 2 aliphatic carbocycles. The van der Waals surface area contributed by atoms with E-state index in [9.17, 15) is 4.79 Å². The van der Waals surface area contributed by atoms with Crippen molar-refractivity contribution in [2.75, 3.05) is 33.2 Å². The number of nitrogens with zero attached hydrogens (tertiary/aromatic N) is 2. The third kappa shape index (κ3) is 2.05. The van der Waals surface area contributed by atoms with Crippen LogP contribution in [0.5, 0.6) is 0 Å². The average Bonchev–Trinajstić information content (AvgIpc) is 3.12. The van der Waals surface area contributed by atoms with Crippen LogP contribution in [0.1, 0.15) is 25.7 Å². The fourth-order valence-electron chi connectivity index (χ4n) is 4.05. The van der Waals surface area contributed by atoms with Gasteiger partial charge in [0.25, 0.3) is 0 Å².